The molecule has 0 radical (unpaired) electrons. The number of fused-ring (bicyclic) bond motifs is 1. The molecule has 1 atom stereocenters. The molecule has 2 aromatic rings. The van der Waals surface area contributed by atoms with Crippen molar-refractivity contribution < 1.29 is 14.3 Å². The molecule has 0 aliphatic carbocycles. The fraction of sp³-hybridized carbons (Fsp3) is 0.353. The zero-order valence-corrected chi connectivity index (χ0v) is 13.0. The van der Waals surface area contributed by atoms with Crippen molar-refractivity contribution in [2.45, 2.75) is 25.3 Å². The Bertz CT molecular complexity index is 683. The third-order valence-corrected chi connectivity index (χ3v) is 4.99. The molecule has 1 fully saturated rings. The van der Waals surface area contributed by atoms with E-state index in [0.29, 0.717) is 6.42 Å². The summed E-state index contributed by atoms with van der Waals surface area (Å²) in [6.45, 7) is 1.11. The fourth-order valence-corrected chi connectivity index (χ4v) is 3.91. The minimum atomic E-state index is 0.188. The monoisotopic (exact) mass is 315 g/mol. The number of nitrogens with zero attached hydrogens (tertiary/aromatic N) is 1. The lowest BCUT2D eigenvalue weighted by atomic mass is 10.1. The van der Waals surface area contributed by atoms with E-state index in [9.17, 15) is 4.79 Å². The van der Waals surface area contributed by atoms with Crippen LogP contribution in [-0.2, 0) is 11.2 Å². The molecule has 2 aliphatic rings. The van der Waals surface area contributed by atoms with E-state index in [1.807, 2.05) is 23.1 Å². The van der Waals surface area contributed by atoms with E-state index in [1.165, 1.54) is 5.56 Å². The van der Waals surface area contributed by atoms with Gasteiger partial charge >= 0.3 is 0 Å². The van der Waals surface area contributed by atoms with Gasteiger partial charge in [0.25, 0.3) is 0 Å². The van der Waals surface area contributed by atoms with Gasteiger partial charge in [0.05, 0.1) is 12.5 Å². The standard InChI is InChI=1S/C17H17NO3S/c19-17(9-12-3-4-15-16(8-12)21-11-20-15)18-6-1-2-14(18)13-5-7-22-10-13/h3-5,7-8,10,14H,1-2,6,9,11H2/t14-/m0/s1. The predicted octanol–water partition coefficient (Wildman–Crippen LogP) is 3.38. The van der Waals surface area contributed by atoms with Gasteiger partial charge in [-0.2, -0.15) is 11.3 Å². The number of ether oxygens (including phenoxy) is 2. The van der Waals surface area contributed by atoms with Crippen molar-refractivity contribution in [1.82, 2.24) is 4.90 Å². The number of carbonyl (C=O) groups is 1. The molecule has 1 saturated heterocycles. The molecule has 4 nitrogen and oxygen atoms in total. The van der Waals surface area contributed by atoms with Gasteiger partial charge in [-0.1, -0.05) is 6.07 Å². The van der Waals surface area contributed by atoms with Crippen LogP contribution in [0.5, 0.6) is 11.5 Å². The Balaban J connectivity index is 1.49. The zero-order chi connectivity index (χ0) is 14.9. The van der Waals surface area contributed by atoms with E-state index in [-0.39, 0.29) is 18.7 Å². The maximum absolute atomic E-state index is 12.7. The third-order valence-electron chi connectivity index (χ3n) is 4.29. The van der Waals surface area contributed by atoms with Gasteiger partial charge in [0.15, 0.2) is 11.5 Å². The highest BCUT2D eigenvalue weighted by Gasteiger charge is 2.30. The van der Waals surface area contributed by atoms with Crippen molar-refractivity contribution in [3.8, 4) is 11.5 Å². The van der Waals surface area contributed by atoms with E-state index >= 15 is 0 Å². The molecule has 0 unspecified atom stereocenters. The van der Waals surface area contributed by atoms with Gasteiger partial charge in [0, 0.05) is 6.54 Å². The lowest BCUT2D eigenvalue weighted by Crippen LogP contribution is -2.31. The third kappa shape index (κ3) is 2.46. The first-order valence-electron chi connectivity index (χ1n) is 7.51. The quantitative estimate of drug-likeness (QED) is 0.871. The summed E-state index contributed by atoms with van der Waals surface area (Å²) in [5.74, 6) is 1.68. The van der Waals surface area contributed by atoms with Crippen LogP contribution in [0, 0.1) is 0 Å². The summed E-state index contributed by atoms with van der Waals surface area (Å²) < 4.78 is 10.7. The molecule has 1 aromatic heterocycles. The topological polar surface area (TPSA) is 38.8 Å². The number of hydrogen-bond acceptors (Lipinski definition) is 4. The number of amides is 1. The van der Waals surface area contributed by atoms with Crippen LogP contribution in [-0.4, -0.2) is 24.1 Å². The Hall–Kier alpha value is -2.01. The van der Waals surface area contributed by atoms with Gasteiger partial charge in [-0.05, 0) is 52.9 Å². The largest absolute Gasteiger partial charge is 0.454 e. The summed E-state index contributed by atoms with van der Waals surface area (Å²) in [5, 5.41) is 4.23. The summed E-state index contributed by atoms with van der Waals surface area (Å²) in [4.78, 5) is 14.7. The van der Waals surface area contributed by atoms with Crippen molar-refractivity contribution in [2.75, 3.05) is 13.3 Å². The second-order valence-corrected chi connectivity index (χ2v) is 6.45. The Morgan fingerprint density at radius 1 is 1.27 bits per heavy atom. The van der Waals surface area contributed by atoms with E-state index in [0.717, 1.165) is 36.4 Å². The second-order valence-electron chi connectivity index (χ2n) is 5.67. The minimum Gasteiger partial charge on any atom is -0.454 e. The smallest absolute Gasteiger partial charge is 0.231 e. The first kappa shape index (κ1) is 13.6. The van der Waals surface area contributed by atoms with E-state index in [1.54, 1.807) is 11.3 Å². The Kier molecular flexibility index (Phi) is 3.50. The molecule has 1 amide bonds. The van der Waals surface area contributed by atoms with Crippen LogP contribution >= 0.6 is 11.3 Å². The minimum absolute atomic E-state index is 0.188. The Labute approximate surface area is 133 Å². The number of thiophene rings is 1. The maximum atomic E-state index is 12.7. The number of rotatable bonds is 3. The van der Waals surface area contributed by atoms with Gasteiger partial charge in [0.2, 0.25) is 12.7 Å². The summed E-state index contributed by atoms with van der Waals surface area (Å²) >= 11 is 1.69. The van der Waals surface area contributed by atoms with Crippen LogP contribution in [0.2, 0.25) is 0 Å². The van der Waals surface area contributed by atoms with Crippen molar-refractivity contribution in [1.29, 1.82) is 0 Å². The second kappa shape index (κ2) is 5.65. The molecule has 0 spiro atoms. The highest BCUT2D eigenvalue weighted by molar-refractivity contribution is 7.07. The summed E-state index contributed by atoms with van der Waals surface area (Å²) in [7, 11) is 0. The van der Waals surface area contributed by atoms with Crippen LogP contribution < -0.4 is 9.47 Å². The summed E-state index contributed by atoms with van der Waals surface area (Å²) in [5.41, 5.74) is 2.24. The van der Waals surface area contributed by atoms with Gasteiger partial charge in [-0.15, -0.1) is 0 Å². The number of likely N-dealkylation sites (tertiary alicyclic amines) is 1. The normalized spacial score (nSPS) is 19.6. The maximum Gasteiger partial charge on any atom is 0.231 e. The van der Waals surface area contributed by atoms with Crippen LogP contribution in [0.15, 0.2) is 35.0 Å². The Morgan fingerprint density at radius 2 is 2.18 bits per heavy atom. The van der Waals surface area contributed by atoms with Crippen LogP contribution in [0.3, 0.4) is 0 Å². The van der Waals surface area contributed by atoms with Crippen molar-refractivity contribution in [3.63, 3.8) is 0 Å². The van der Waals surface area contributed by atoms with Gasteiger partial charge in [-0.3, -0.25) is 4.79 Å². The number of carbonyl (C=O) groups excluding carboxylic acids is 1. The average Bonchev–Trinajstić information content (AvgIpc) is 3.26. The van der Waals surface area contributed by atoms with Gasteiger partial charge in [0.1, 0.15) is 0 Å². The Morgan fingerprint density at radius 3 is 3.05 bits per heavy atom. The lowest BCUT2D eigenvalue weighted by molar-refractivity contribution is -0.131. The number of benzene rings is 1. The average molecular weight is 315 g/mol. The van der Waals surface area contributed by atoms with E-state index in [2.05, 4.69) is 16.8 Å². The molecule has 3 heterocycles. The predicted molar refractivity (Wildman–Crippen MR) is 84.3 cm³/mol. The van der Waals surface area contributed by atoms with Crippen LogP contribution in [0.1, 0.15) is 30.0 Å². The van der Waals surface area contributed by atoms with Crippen LogP contribution in [0.4, 0.5) is 0 Å². The molecular formula is C17H17NO3S. The molecule has 5 heteroatoms. The molecule has 1 aromatic carbocycles. The van der Waals surface area contributed by atoms with E-state index < -0.39 is 0 Å². The van der Waals surface area contributed by atoms with Crippen molar-refractivity contribution in [2.24, 2.45) is 0 Å². The molecule has 114 valence electrons. The molecular weight excluding hydrogens is 298 g/mol. The first-order valence-corrected chi connectivity index (χ1v) is 8.45. The highest BCUT2D eigenvalue weighted by Crippen LogP contribution is 2.35. The lowest BCUT2D eigenvalue weighted by Gasteiger charge is -2.24. The molecule has 4 rings (SSSR count). The van der Waals surface area contributed by atoms with Crippen LogP contribution in [0.25, 0.3) is 0 Å². The fourth-order valence-electron chi connectivity index (χ4n) is 3.20. The zero-order valence-electron chi connectivity index (χ0n) is 12.2. The van der Waals surface area contributed by atoms with Crippen molar-refractivity contribution in [3.05, 3.63) is 46.2 Å². The van der Waals surface area contributed by atoms with Gasteiger partial charge < -0.3 is 14.4 Å². The first-order chi connectivity index (χ1) is 10.8. The number of hydrogen-bond donors (Lipinski definition) is 0. The highest BCUT2D eigenvalue weighted by atomic mass is 32.1. The molecule has 2 aliphatic heterocycles. The summed E-state index contributed by atoms with van der Waals surface area (Å²) in [6.07, 6.45) is 2.55. The summed E-state index contributed by atoms with van der Waals surface area (Å²) in [6, 6.07) is 8.11. The molecule has 22 heavy (non-hydrogen) atoms. The molecule has 0 saturated carbocycles. The van der Waals surface area contributed by atoms with Gasteiger partial charge in [-0.25, -0.2) is 0 Å². The SMILES string of the molecule is O=C(Cc1ccc2c(c1)OCO2)N1CCC[C@H]1c1ccsc1. The van der Waals surface area contributed by atoms with E-state index in [4.69, 9.17) is 9.47 Å². The molecule has 0 N–H and O–H groups in total. The molecule has 0 bridgehead atoms. The van der Waals surface area contributed by atoms with Crippen molar-refractivity contribution >= 4 is 17.2 Å².